The molecular formula is C25H21F4N3O5. The number of alkyl halides is 3. The lowest BCUT2D eigenvalue weighted by atomic mass is 10.1. The highest BCUT2D eigenvalue weighted by atomic mass is 19.4. The largest absolute Gasteiger partial charge is 0.573 e. The zero-order valence-corrected chi connectivity index (χ0v) is 19.6. The number of ether oxygens (including phenoxy) is 3. The molecule has 0 spiro atoms. The zero-order valence-electron chi connectivity index (χ0n) is 19.6. The van der Waals surface area contributed by atoms with Gasteiger partial charge in [-0.1, -0.05) is 6.92 Å². The van der Waals surface area contributed by atoms with E-state index in [0.29, 0.717) is 11.6 Å². The quantitative estimate of drug-likeness (QED) is 0.386. The Balaban J connectivity index is 1.66. The van der Waals surface area contributed by atoms with Crippen LogP contribution in [-0.2, 0) is 0 Å². The molecule has 4 rings (SSSR count). The predicted octanol–water partition coefficient (Wildman–Crippen LogP) is 5.39. The molecule has 2 aromatic carbocycles. The second-order valence-corrected chi connectivity index (χ2v) is 8.40. The third-order valence-electron chi connectivity index (χ3n) is 5.70. The summed E-state index contributed by atoms with van der Waals surface area (Å²) in [6, 6.07) is 8.14. The number of hydrogen-bond acceptors (Lipinski definition) is 6. The van der Waals surface area contributed by atoms with Gasteiger partial charge in [0.1, 0.15) is 22.9 Å². The van der Waals surface area contributed by atoms with E-state index >= 15 is 0 Å². The van der Waals surface area contributed by atoms with Gasteiger partial charge in [-0.05, 0) is 42.7 Å². The molecule has 0 aliphatic heterocycles. The Morgan fingerprint density at radius 3 is 2.41 bits per heavy atom. The second kappa shape index (κ2) is 9.96. The minimum Gasteiger partial charge on any atom is -0.493 e. The third-order valence-corrected chi connectivity index (χ3v) is 5.70. The van der Waals surface area contributed by atoms with Crippen molar-refractivity contribution in [3.8, 4) is 23.0 Å². The normalized spacial score (nSPS) is 16.6. The van der Waals surface area contributed by atoms with Crippen LogP contribution in [0.5, 0.6) is 23.0 Å². The molecular weight excluding hydrogens is 498 g/mol. The predicted molar refractivity (Wildman–Crippen MR) is 123 cm³/mol. The Labute approximate surface area is 208 Å². The van der Waals surface area contributed by atoms with Crippen LogP contribution in [0.2, 0.25) is 0 Å². The molecule has 1 aliphatic rings. The summed E-state index contributed by atoms with van der Waals surface area (Å²) >= 11 is 0. The summed E-state index contributed by atoms with van der Waals surface area (Å²) in [7, 11) is 1.24. The summed E-state index contributed by atoms with van der Waals surface area (Å²) in [5.41, 5.74) is 5.50. The zero-order chi connectivity index (χ0) is 26.9. The summed E-state index contributed by atoms with van der Waals surface area (Å²) in [6.07, 6.45) is -2.69. The molecule has 1 heterocycles. The molecule has 1 aromatic heterocycles. The highest BCUT2D eigenvalue weighted by Crippen LogP contribution is 2.47. The van der Waals surface area contributed by atoms with E-state index < -0.39 is 35.3 Å². The number of rotatable bonds is 8. The molecule has 1 fully saturated rings. The van der Waals surface area contributed by atoms with Crippen LogP contribution in [0.1, 0.15) is 45.7 Å². The maximum atomic E-state index is 13.8. The number of methoxy groups -OCH3 is 1. The average molecular weight is 519 g/mol. The third kappa shape index (κ3) is 6.08. The molecule has 2 unspecified atom stereocenters. The van der Waals surface area contributed by atoms with Crippen LogP contribution in [0, 0.1) is 11.7 Å². The van der Waals surface area contributed by atoms with Gasteiger partial charge in [-0.3, -0.25) is 14.6 Å². The van der Waals surface area contributed by atoms with E-state index in [-0.39, 0.29) is 34.4 Å². The van der Waals surface area contributed by atoms with E-state index in [1.165, 1.54) is 25.4 Å². The topological polar surface area (TPSA) is 113 Å². The van der Waals surface area contributed by atoms with Crippen LogP contribution in [-0.4, -0.2) is 30.3 Å². The van der Waals surface area contributed by atoms with Crippen LogP contribution < -0.4 is 25.3 Å². The van der Waals surface area contributed by atoms with Crippen molar-refractivity contribution in [1.82, 2.24) is 4.98 Å². The number of nitrogens with two attached hydrogens (primary N) is 1. The fourth-order valence-corrected chi connectivity index (χ4v) is 3.68. The highest BCUT2D eigenvalue weighted by molar-refractivity contribution is 6.06. The van der Waals surface area contributed by atoms with Crippen molar-refractivity contribution < 1.29 is 41.4 Å². The average Bonchev–Trinajstić information content (AvgIpc) is 3.56. The highest BCUT2D eigenvalue weighted by Gasteiger charge is 2.36. The van der Waals surface area contributed by atoms with E-state index in [4.69, 9.17) is 15.2 Å². The number of carbonyl (C=O) groups excluding carboxylic acids is 2. The van der Waals surface area contributed by atoms with Crippen molar-refractivity contribution in [2.45, 2.75) is 25.6 Å². The van der Waals surface area contributed by atoms with Crippen molar-refractivity contribution in [3.63, 3.8) is 0 Å². The molecule has 1 saturated carbocycles. The van der Waals surface area contributed by atoms with E-state index in [9.17, 15) is 27.2 Å². The molecule has 1 aliphatic carbocycles. The van der Waals surface area contributed by atoms with Crippen LogP contribution in [0.4, 0.5) is 23.2 Å². The van der Waals surface area contributed by atoms with Crippen LogP contribution in [0.3, 0.4) is 0 Å². The number of primary amides is 1. The fraction of sp³-hybridized carbons (Fsp3) is 0.240. The summed E-state index contributed by atoms with van der Waals surface area (Å²) < 4.78 is 66.6. The van der Waals surface area contributed by atoms with Crippen LogP contribution in [0.25, 0.3) is 0 Å². The molecule has 37 heavy (non-hydrogen) atoms. The monoisotopic (exact) mass is 519 g/mol. The van der Waals surface area contributed by atoms with Gasteiger partial charge < -0.3 is 25.3 Å². The maximum Gasteiger partial charge on any atom is 0.573 e. The molecule has 0 saturated heterocycles. The van der Waals surface area contributed by atoms with Gasteiger partial charge >= 0.3 is 6.36 Å². The van der Waals surface area contributed by atoms with Gasteiger partial charge in [0.15, 0.2) is 11.5 Å². The molecule has 3 N–H and O–H groups in total. The minimum atomic E-state index is -4.89. The molecule has 0 bridgehead atoms. The molecule has 2 atom stereocenters. The Morgan fingerprint density at radius 2 is 1.78 bits per heavy atom. The number of pyridine rings is 1. The number of aromatic nitrogens is 1. The summed E-state index contributed by atoms with van der Waals surface area (Å²) in [5.74, 6) is -2.51. The number of nitrogens with one attached hydrogen (secondary N) is 1. The van der Waals surface area contributed by atoms with Crippen molar-refractivity contribution in [2.24, 2.45) is 11.7 Å². The first-order valence-electron chi connectivity index (χ1n) is 11.0. The van der Waals surface area contributed by atoms with E-state index in [1.807, 2.05) is 6.92 Å². The molecule has 3 aromatic rings. The summed E-state index contributed by atoms with van der Waals surface area (Å²) in [6.45, 7) is 2.04. The lowest BCUT2D eigenvalue weighted by Crippen LogP contribution is -2.17. The number of carbonyl (C=O) groups is 2. The van der Waals surface area contributed by atoms with Crippen LogP contribution in [0.15, 0.2) is 48.7 Å². The summed E-state index contributed by atoms with van der Waals surface area (Å²) in [5, 5.41) is 2.53. The Kier molecular flexibility index (Phi) is 6.92. The summed E-state index contributed by atoms with van der Waals surface area (Å²) in [4.78, 5) is 28.9. The smallest absolute Gasteiger partial charge is 0.493 e. The number of anilines is 1. The van der Waals surface area contributed by atoms with E-state index in [2.05, 4.69) is 15.0 Å². The van der Waals surface area contributed by atoms with E-state index in [0.717, 1.165) is 30.7 Å². The van der Waals surface area contributed by atoms with Crippen LogP contribution >= 0.6 is 0 Å². The number of halogens is 4. The Bertz CT molecular complexity index is 1360. The maximum absolute atomic E-state index is 13.8. The lowest BCUT2D eigenvalue weighted by Gasteiger charge is -2.16. The van der Waals surface area contributed by atoms with Crippen molar-refractivity contribution in [1.29, 1.82) is 0 Å². The standard InChI is InChI=1S/C25H21F4N3O5/c1-12-7-15(12)19-10-21(36-20-6-4-14(9-22(20)35-2)37-25(27,28)29)17(11-31-19)24(34)32-13-3-5-18(26)16(8-13)23(30)33/h3-6,8-12,15H,7H2,1-2H3,(H2,30,33)(H,32,34). The lowest BCUT2D eigenvalue weighted by molar-refractivity contribution is -0.274. The number of benzene rings is 2. The van der Waals surface area contributed by atoms with Crippen molar-refractivity contribution in [2.75, 3.05) is 12.4 Å². The molecule has 8 nitrogen and oxygen atoms in total. The van der Waals surface area contributed by atoms with Gasteiger partial charge in [-0.25, -0.2) is 4.39 Å². The number of amides is 2. The van der Waals surface area contributed by atoms with Crippen molar-refractivity contribution in [3.05, 3.63) is 71.3 Å². The van der Waals surface area contributed by atoms with Gasteiger partial charge in [0.2, 0.25) is 0 Å². The first kappa shape index (κ1) is 25.7. The molecule has 12 heteroatoms. The molecule has 0 radical (unpaired) electrons. The van der Waals surface area contributed by atoms with Gasteiger partial charge in [-0.2, -0.15) is 0 Å². The Hall–Kier alpha value is -4.35. The first-order valence-corrected chi connectivity index (χ1v) is 11.0. The first-order chi connectivity index (χ1) is 17.4. The van der Waals surface area contributed by atoms with Gasteiger partial charge in [0, 0.05) is 35.6 Å². The number of nitrogens with zero attached hydrogens (tertiary/aromatic N) is 1. The van der Waals surface area contributed by atoms with Crippen molar-refractivity contribution >= 4 is 17.5 Å². The van der Waals surface area contributed by atoms with Gasteiger partial charge in [-0.15, -0.1) is 13.2 Å². The SMILES string of the molecule is COc1cc(OC(F)(F)F)ccc1Oc1cc(C2CC2C)ncc1C(=O)Nc1ccc(F)c(C(N)=O)c1. The fourth-order valence-electron chi connectivity index (χ4n) is 3.68. The van der Waals surface area contributed by atoms with Gasteiger partial charge in [0.25, 0.3) is 11.8 Å². The Morgan fingerprint density at radius 1 is 1.05 bits per heavy atom. The van der Waals surface area contributed by atoms with Gasteiger partial charge in [0.05, 0.1) is 12.7 Å². The molecule has 2 amide bonds. The number of hydrogen-bond donors (Lipinski definition) is 2. The van der Waals surface area contributed by atoms with E-state index in [1.54, 1.807) is 6.07 Å². The minimum absolute atomic E-state index is 0.0184. The molecule has 194 valence electrons. The second-order valence-electron chi connectivity index (χ2n) is 8.40.